The third-order valence-electron chi connectivity index (χ3n) is 16.0. The van der Waals surface area contributed by atoms with Crippen molar-refractivity contribution in [3.8, 4) is 17.0 Å². The Morgan fingerprint density at radius 3 is 2.37 bits per heavy atom. The van der Waals surface area contributed by atoms with Crippen molar-refractivity contribution in [1.29, 1.82) is 0 Å². The first-order valence-corrected chi connectivity index (χ1v) is 25.6. The van der Waals surface area contributed by atoms with E-state index in [0.717, 1.165) is 101 Å². The maximum absolute atomic E-state index is 18.4. The van der Waals surface area contributed by atoms with Gasteiger partial charge in [-0.15, -0.1) is 0 Å². The van der Waals surface area contributed by atoms with Crippen molar-refractivity contribution in [2.24, 2.45) is 5.92 Å². The number of benzene rings is 4. The van der Waals surface area contributed by atoms with E-state index in [1.807, 2.05) is 64.1 Å². The number of hydrogen-bond donors (Lipinski definition) is 0. The zero-order chi connectivity index (χ0) is 46.5. The summed E-state index contributed by atoms with van der Waals surface area (Å²) in [4.78, 5) is 13.7. The van der Waals surface area contributed by atoms with Crippen LogP contribution in [0.15, 0.2) is 152 Å². The Morgan fingerprint density at radius 1 is 0.824 bits per heavy atom. The molecule has 0 N–H and O–H groups in total. The highest BCUT2D eigenvalue weighted by Crippen LogP contribution is 2.53. The van der Waals surface area contributed by atoms with Gasteiger partial charge in [0.2, 0.25) is 0 Å². The second-order valence-electron chi connectivity index (χ2n) is 19.7. The van der Waals surface area contributed by atoms with Gasteiger partial charge >= 0.3 is 12.9 Å². The third-order valence-corrected chi connectivity index (χ3v) is 17.0. The molecule has 1 unspecified atom stereocenters. The summed E-state index contributed by atoms with van der Waals surface area (Å²) < 4.78 is 47.6. The molecule has 1 atom stereocenters. The third kappa shape index (κ3) is 6.00. The molecule has 13 rings (SSSR count). The van der Waals surface area contributed by atoms with Gasteiger partial charge in [-0.1, -0.05) is 98.7 Å². The molecule has 0 bridgehead atoms. The molecule has 8 aliphatic rings. The molecule has 0 amide bonds. The van der Waals surface area contributed by atoms with Gasteiger partial charge in [-0.2, -0.15) is 0 Å². The fraction of sp³-hybridized carbons (Fsp3) is 0.220. The van der Waals surface area contributed by atoms with E-state index < -0.39 is 6.97 Å². The minimum absolute atomic E-state index is 0.192. The average Bonchev–Trinajstić information content (AvgIpc) is 3.80. The first-order chi connectivity index (χ1) is 32.9. The maximum Gasteiger partial charge on any atom is 0.737 e. The van der Waals surface area contributed by atoms with Gasteiger partial charge in [-0.3, -0.25) is 4.79 Å². The van der Waals surface area contributed by atoms with Crippen molar-refractivity contribution in [3.05, 3.63) is 218 Å². The van der Waals surface area contributed by atoms with Crippen molar-refractivity contribution in [2.45, 2.75) is 79.1 Å². The maximum atomic E-state index is 18.4. The quantitative estimate of drug-likeness (QED) is 0.0965. The monoisotopic (exact) mass is 1020 g/mol. The van der Waals surface area contributed by atoms with Gasteiger partial charge in [0, 0.05) is 49.4 Å². The Labute approximate surface area is 411 Å². The number of aryl methyl sites for hydroxylation is 4. The normalized spacial score (nSPS) is 19.6. The molecule has 2 aliphatic heterocycles. The lowest BCUT2D eigenvalue weighted by molar-refractivity contribution is -0.362. The minimum atomic E-state index is -4.37. The molecule has 0 spiro atoms. The largest absolute Gasteiger partial charge is 0.737 e. The van der Waals surface area contributed by atoms with E-state index in [9.17, 15) is 4.79 Å². The lowest BCUT2D eigenvalue weighted by Crippen LogP contribution is -2.52. The molecular weight excluding hydrogens is 977 g/mol. The predicted octanol–water partition coefficient (Wildman–Crippen LogP) is 12.7. The Kier molecular flexibility index (Phi) is 9.50. The lowest BCUT2D eigenvalue weighted by atomic mass is 9.69. The fourth-order valence-corrected chi connectivity index (χ4v) is 14.0. The number of aromatic nitrogens is 1. The number of fused-ring (bicyclic) bond motifs is 10. The lowest BCUT2D eigenvalue weighted by Gasteiger charge is -2.36. The second-order valence-corrected chi connectivity index (χ2v) is 21.5. The van der Waals surface area contributed by atoms with E-state index in [-0.39, 0.29) is 18.3 Å². The Morgan fingerprint density at radius 2 is 1.57 bits per heavy atom. The Hall–Kier alpha value is -5.90. The summed E-state index contributed by atoms with van der Waals surface area (Å²) in [5.74, 6) is 0.379. The van der Waals surface area contributed by atoms with Crippen LogP contribution in [-0.2, 0) is 30.5 Å². The molecule has 4 nitrogen and oxygen atoms in total. The van der Waals surface area contributed by atoms with E-state index in [0.29, 0.717) is 47.8 Å². The Balaban J connectivity index is 0.857. The molecule has 5 aromatic rings. The van der Waals surface area contributed by atoms with Crippen LogP contribution in [0.4, 0.5) is 8.63 Å². The van der Waals surface area contributed by atoms with Crippen LogP contribution in [-0.4, -0.2) is 27.6 Å². The Bertz CT molecular complexity index is 3640. The molecule has 9 heteroatoms. The van der Waals surface area contributed by atoms with Crippen LogP contribution in [0, 0.1) is 26.7 Å². The predicted molar refractivity (Wildman–Crippen MR) is 276 cm³/mol. The van der Waals surface area contributed by atoms with Crippen LogP contribution in [0.5, 0.6) is 5.75 Å². The summed E-state index contributed by atoms with van der Waals surface area (Å²) in [5, 5.41) is 2.71. The van der Waals surface area contributed by atoms with Gasteiger partial charge < -0.3 is 22.3 Å². The van der Waals surface area contributed by atoms with Crippen LogP contribution in [0.25, 0.3) is 28.0 Å². The van der Waals surface area contributed by atoms with E-state index >= 15 is 8.63 Å². The van der Waals surface area contributed by atoms with Crippen LogP contribution in [0.2, 0.25) is 0 Å². The number of carbonyl (C=O) groups excluding carboxylic acids is 1. The van der Waals surface area contributed by atoms with Crippen LogP contribution >= 0.6 is 31.9 Å². The van der Waals surface area contributed by atoms with Crippen molar-refractivity contribution in [3.63, 3.8) is 0 Å². The highest BCUT2D eigenvalue weighted by Gasteiger charge is 2.59. The standard InChI is InChI=1S/C59H47BBr2F2N2O2/c1-31-27-41(68-51(67)16-7-9-35-17-24-50-48-14-6-11-36-10-5-13-47(53(36)48)49-15-8-12-44(35)54(49)50)28-32(2)52(31)55-56-33(3)42-22-18-37-29-39(61)20-25-45(37)58(42)65(56)60(63,64)66-57(55)34(4)43-23-19-38-30-40(62)21-26-46(38)59(43)66/h5-6,8,11-15,17,20-21,24-30,54H,7,9-10,16,18-19,22-23H2,1-4H3. The van der Waals surface area contributed by atoms with Gasteiger partial charge in [0.1, 0.15) is 5.75 Å². The number of nitrogens with zero attached hydrogens (tertiary/aromatic N) is 2. The molecule has 1 aromatic heterocycles. The molecule has 0 saturated carbocycles. The van der Waals surface area contributed by atoms with Gasteiger partial charge in [0.05, 0.1) is 5.57 Å². The molecule has 6 aliphatic carbocycles. The van der Waals surface area contributed by atoms with Crippen molar-refractivity contribution in [1.82, 2.24) is 4.48 Å². The van der Waals surface area contributed by atoms with Crippen molar-refractivity contribution in [2.75, 3.05) is 0 Å². The highest BCUT2D eigenvalue weighted by atomic mass is 79.9. The van der Waals surface area contributed by atoms with Gasteiger partial charge in [-0.25, -0.2) is 0 Å². The van der Waals surface area contributed by atoms with E-state index in [4.69, 9.17) is 4.74 Å². The van der Waals surface area contributed by atoms with Gasteiger partial charge in [-0.05, 0) is 203 Å². The van der Waals surface area contributed by atoms with Crippen LogP contribution in [0.1, 0.15) is 88.4 Å². The second kappa shape index (κ2) is 15.3. The molecule has 0 saturated heterocycles. The number of allylic oxidation sites excluding steroid dienone is 12. The highest BCUT2D eigenvalue weighted by molar-refractivity contribution is 9.10. The number of ether oxygens (including phenoxy) is 1. The molecule has 0 radical (unpaired) electrons. The topological polar surface area (TPSA) is 34.2 Å². The first-order valence-electron chi connectivity index (χ1n) is 24.0. The molecule has 3 heterocycles. The number of carbonyl (C=O) groups is 1. The number of hydrogen-bond acceptors (Lipinski definition) is 2. The average molecular weight is 1020 g/mol. The summed E-state index contributed by atoms with van der Waals surface area (Å²) >= 11 is 7.30. The smallest absolute Gasteiger partial charge is 0.427 e. The number of halogens is 4. The molecule has 68 heavy (non-hydrogen) atoms. The molecule has 336 valence electrons. The zero-order valence-electron chi connectivity index (χ0n) is 38.4. The van der Waals surface area contributed by atoms with Crippen LogP contribution < -0.4 is 15.2 Å². The fourth-order valence-electron chi connectivity index (χ4n) is 13.2. The SMILES string of the molecule is CC1=C2CCc3cc(Br)ccc3C2=[N+]2C1=C(c1c(C)cc(OC(=O)CCCC3=C4C=CC=C5C6=c7c(cccc7=C(C=C3)C54)CC=C6)cc1C)c1c(C)c3c(n1[B-]2(F)F)-c1ccc(Br)cc1CC3. The summed E-state index contributed by atoms with van der Waals surface area (Å²) in [7, 11) is 0. The zero-order valence-corrected chi connectivity index (χ0v) is 41.6. The first kappa shape index (κ1) is 42.2. The van der Waals surface area contributed by atoms with E-state index in [1.165, 1.54) is 52.8 Å². The number of rotatable bonds is 6. The van der Waals surface area contributed by atoms with Crippen molar-refractivity contribution >= 4 is 67.2 Å². The summed E-state index contributed by atoms with van der Waals surface area (Å²) in [6.07, 6.45) is 21.4. The number of esters is 1. The summed E-state index contributed by atoms with van der Waals surface area (Å²) in [6, 6.07) is 22.6. The molecule has 0 fully saturated rings. The van der Waals surface area contributed by atoms with Crippen LogP contribution in [0.3, 0.4) is 0 Å². The summed E-state index contributed by atoms with van der Waals surface area (Å²) in [5.41, 5.74) is 21.5. The van der Waals surface area contributed by atoms with Gasteiger partial charge in [0.25, 0.3) is 0 Å². The molecule has 4 aromatic carbocycles. The van der Waals surface area contributed by atoms with Gasteiger partial charge in [0.15, 0.2) is 11.4 Å². The van der Waals surface area contributed by atoms with Crippen molar-refractivity contribution < 1.29 is 22.6 Å². The van der Waals surface area contributed by atoms with E-state index in [2.05, 4.69) is 105 Å². The minimum Gasteiger partial charge on any atom is -0.427 e. The molecular formula is C59H47BBr2F2N2O2. The summed E-state index contributed by atoms with van der Waals surface area (Å²) in [6.45, 7) is 3.75. The van der Waals surface area contributed by atoms with E-state index in [1.54, 1.807) is 0 Å².